The van der Waals surface area contributed by atoms with Crippen LogP contribution in [0.3, 0.4) is 0 Å². The number of aliphatic carboxylic acids is 1. The minimum atomic E-state index is -0.801. The van der Waals surface area contributed by atoms with Crippen molar-refractivity contribution >= 4 is 28.2 Å². The number of anilines is 1. The lowest BCUT2D eigenvalue weighted by Crippen LogP contribution is -2.52. The number of carbonyl (C=O) groups is 1. The highest BCUT2D eigenvalue weighted by Gasteiger charge is 2.37. The fourth-order valence-electron chi connectivity index (χ4n) is 3.82. The number of carboxylic acid groups (broad SMARTS) is 1. The van der Waals surface area contributed by atoms with Crippen LogP contribution in [-0.2, 0) is 4.79 Å². The van der Waals surface area contributed by atoms with Gasteiger partial charge in [-0.25, -0.2) is 0 Å². The number of aromatic nitrogens is 1. The molecule has 1 heterocycles. The fraction of sp³-hybridized carbons (Fsp3) is 0.474. The number of hydrogen-bond acceptors (Lipinski definition) is 6. The minimum absolute atomic E-state index is 0.0458. The molecular formula is C19H22N4O4. The largest absolute Gasteiger partial charge is 0.480 e. The minimum Gasteiger partial charge on any atom is -0.480 e. The van der Waals surface area contributed by atoms with Crippen molar-refractivity contribution in [3.05, 3.63) is 40.6 Å². The third kappa shape index (κ3) is 3.85. The predicted molar refractivity (Wildman–Crippen MR) is 101 cm³/mol. The van der Waals surface area contributed by atoms with Gasteiger partial charge >= 0.3 is 11.7 Å². The van der Waals surface area contributed by atoms with E-state index in [-0.39, 0.29) is 29.2 Å². The summed E-state index contributed by atoms with van der Waals surface area (Å²) in [5, 5.41) is 24.6. The molecule has 0 atom stereocenters. The summed E-state index contributed by atoms with van der Waals surface area (Å²) in [6, 6.07) is 7.23. The SMILES string of the molecule is O=C(O)CN(CC1CC1)C1CC(Nc2ccc3ncccc3c2[N+](=O)[O-])C1. The standard InChI is InChI=1S/C19H22N4O4/c24-18(25)11-22(10-12-3-4-12)14-8-13(9-14)21-17-6-5-16-15(2-1-7-20-16)19(17)23(26)27/h1-2,5-7,12-14,21H,3-4,8-11H2,(H,24,25). The van der Waals surface area contributed by atoms with Crippen LogP contribution in [0.1, 0.15) is 25.7 Å². The van der Waals surface area contributed by atoms with E-state index >= 15 is 0 Å². The second-order valence-electron chi connectivity index (χ2n) is 7.52. The van der Waals surface area contributed by atoms with Gasteiger partial charge in [-0.1, -0.05) is 0 Å². The van der Waals surface area contributed by atoms with E-state index in [4.69, 9.17) is 5.11 Å². The Bertz CT molecular complexity index is 877. The molecule has 0 saturated heterocycles. The van der Waals surface area contributed by atoms with Crippen molar-refractivity contribution in [1.82, 2.24) is 9.88 Å². The van der Waals surface area contributed by atoms with Gasteiger partial charge in [0.15, 0.2) is 0 Å². The molecular weight excluding hydrogens is 348 g/mol. The van der Waals surface area contributed by atoms with Gasteiger partial charge in [-0.05, 0) is 55.9 Å². The predicted octanol–water partition coefficient (Wildman–Crippen LogP) is 2.88. The molecule has 2 aromatic rings. The molecule has 8 heteroatoms. The molecule has 0 unspecified atom stereocenters. The van der Waals surface area contributed by atoms with Gasteiger partial charge < -0.3 is 10.4 Å². The highest BCUT2D eigenvalue weighted by Crippen LogP contribution is 2.37. The number of nitrogens with one attached hydrogen (secondary N) is 1. The van der Waals surface area contributed by atoms with Gasteiger partial charge in [-0.3, -0.25) is 24.8 Å². The Labute approximate surface area is 156 Å². The maximum atomic E-state index is 11.6. The molecule has 2 N–H and O–H groups in total. The van der Waals surface area contributed by atoms with Gasteiger partial charge in [0.25, 0.3) is 0 Å². The van der Waals surface area contributed by atoms with E-state index in [1.54, 1.807) is 30.5 Å². The van der Waals surface area contributed by atoms with E-state index < -0.39 is 5.97 Å². The van der Waals surface area contributed by atoms with E-state index in [0.717, 1.165) is 19.4 Å². The molecule has 2 fully saturated rings. The van der Waals surface area contributed by atoms with Crippen LogP contribution in [-0.4, -0.2) is 51.1 Å². The van der Waals surface area contributed by atoms with Crippen molar-refractivity contribution in [2.75, 3.05) is 18.4 Å². The van der Waals surface area contributed by atoms with Gasteiger partial charge in [0.1, 0.15) is 5.69 Å². The number of hydrogen-bond donors (Lipinski definition) is 2. The molecule has 0 spiro atoms. The molecule has 0 aliphatic heterocycles. The lowest BCUT2D eigenvalue weighted by molar-refractivity contribution is -0.382. The molecule has 1 aromatic heterocycles. The summed E-state index contributed by atoms with van der Waals surface area (Å²) >= 11 is 0. The van der Waals surface area contributed by atoms with E-state index in [0.29, 0.717) is 22.5 Å². The summed E-state index contributed by atoms with van der Waals surface area (Å²) in [6.07, 6.45) is 5.57. The first-order valence-electron chi connectivity index (χ1n) is 9.25. The number of nitro benzene ring substituents is 1. The molecule has 142 valence electrons. The van der Waals surface area contributed by atoms with Crippen molar-refractivity contribution in [1.29, 1.82) is 0 Å². The van der Waals surface area contributed by atoms with Gasteiger partial charge in [0, 0.05) is 24.8 Å². The topological polar surface area (TPSA) is 109 Å². The Balaban J connectivity index is 1.45. The van der Waals surface area contributed by atoms with Crippen LogP contribution in [0.5, 0.6) is 0 Å². The Morgan fingerprint density at radius 1 is 1.33 bits per heavy atom. The molecule has 4 rings (SSSR count). The first kappa shape index (κ1) is 17.7. The number of pyridine rings is 1. The first-order valence-corrected chi connectivity index (χ1v) is 9.25. The van der Waals surface area contributed by atoms with Crippen molar-refractivity contribution in [2.45, 2.75) is 37.8 Å². The van der Waals surface area contributed by atoms with Gasteiger partial charge in [0.05, 0.1) is 22.4 Å². The molecule has 0 amide bonds. The molecule has 27 heavy (non-hydrogen) atoms. The van der Waals surface area contributed by atoms with Crippen molar-refractivity contribution in [3.63, 3.8) is 0 Å². The summed E-state index contributed by atoms with van der Waals surface area (Å²) in [6.45, 7) is 0.904. The van der Waals surface area contributed by atoms with E-state index in [1.165, 1.54) is 12.8 Å². The van der Waals surface area contributed by atoms with Crippen LogP contribution in [0.2, 0.25) is 0 Å². The van der Waals surface area contributed by atoms with Crippen LogP contribution < -0.4 is 5.32 Å². The van der Waals surface area contributed by atoms with Crippen LogP contribution >= 0.6 is 0 Å². The molecule has 0 radical (unpaired) electrons. The van der Waals surface area contributed by atoms with Crippen molar-refractivity contribution in [3.8, 4) is 0 Å². The van der Waals surface area contributed by atoms with Crippen LogP contribution in [0.15, 0.2) is 30.5 Å². The van der Waals surface area contributed by atoms with Gasteiger partial charge in [-0.2, -0.15) is 0 Å². The molecule has 2 aliphatic rings. The molecule has 8 nitrogen and oxygen atoms in total. The molecule has 0 bridgehead atoms. The van der Waals surface area contributed by atoms with E-state index in [9.17, 15) is 14.9 Å². The lowest BCUT2D eigenvalue weighted by atomic mass is 9.85. The van der Waals surface area contributed by atoms with Gasteiger partial charge in [-0.15, -0.1) is 0 Å². The molecule has 2 saturated carbocycles. The summed E-state index contributed by atoms with van der Waals surface area (Å²) in [5.41, 5.74) is 1.14. The third-order valence-electron chi connectivity index (χ3n) is 5.46. The van der Waals surface area contributed by atoms with Crippen LogP contribution in [0.25, 0.3) is 10.9 Å². The summed E-state index contributed by atoms with van der Waals surface area (Å²) in [4.78, 5) is 28.6. The molecule has 2 aliphatic carbocycles. The Morgan fingerprint density at radius 3 is 2.78 bits per heavy atom. The normalized spacial score (nSPS) is 21.8. The Hall–Kier alpha value is -2.74. The lowest BCUT2D eigenvalue weighted by Gasteiger charge is -2.43. The average Bonchev–Trinajstić information content (AvgIpc) is 3.40. The maximum absolute atomic E-state index is 11.6. The number of nitrogens with zero attached hydrogens (tertiary/aromatic N) is 3. The Morgan fingerprint density at radius 2 is 2.11 bits per heavy atom. The Kier molecular flexibility index (Phi) is 4.65. The second-order valence-corrected chi connectivity index (χ2v) is 7.52. The van der Waals surface area contributed by atoms with E-state index in [2.05, 4.69) is 15.2 Å². The smallest absolute Gasteiger partial charge is 0.317 e. The van der Waals surface area contributed by atoms with Crippen molar-refractivity contribution in [2.24, 2.45) is 5.92 Å². The average molecular weight is 370 g/mol. The number of fused-ring (bicyclic) bond motifs is 1. The van der Waals surface area contributed by atoms with Crippen LogP contribution in [0.4, 0.5) is 11.4 Å². The highest BCUT2D eigenvalue weighted by molar-refractivity contribution is 5.94. The fourth-order valence-corrected chi connectivity index (χ4v) is 3.82. The monoisotopic (exact) mass is 370 g/mol. The first-order chi connectivity index (χ1) is 13.0. The van der Waals surface area contributed by atoms with Crippen molar-refractivity contribution < 1.29 is 14.8 Å². The maximum Gasteiger partial charge on any atom is 0.317 e. The number of benzene rings is 1. The highest BCUT2D eigenvalue weighted by atomic mass is 16.6. The third-order valence-corrected chi connectivity index (χ3v) is 5.46. The zero-order chi connectivity index (χ0) is 19.0. The summed E-state index contributed by atoms with van der Waals surface area (Å²) < 4.78 is 0. The number of nitro groups is 1. The van der Waals surface area contributed by atoms with Gasteiger partial charge in [0.2, 0.25) is 0 Å². The zero-order valence-electron chi connectivity index (χ0n) is 14.9. The second kappa shape index (κ2) is 7.11. The number of rotatable bonds is 8. The quantitative estimate of drug-likeness (QED) is 0.543. The van der Waals surface area contributed by atoms with Crippen LogP contribution in [0, 0.1) is 16.0 Å². The summed E-state index contributed by atoms with van der Waals surface area (Å²) in [5.74, 6) is -0.171. The number of carboxylic acids is 1. The molecule has 1 aromatic carbocycles. The van der Waals surface area contributed by atoms with E-state index in [1.807, 2.05) is 0 Å². The summed E-state index contributed by atoms with van der Waals surface area (Å²) in [7, 11) is 0. The zero-order valence-corrected chi connectivity index (χ0v) is 14.9.